The number of hydrogen-bond donors (Lipinski definition) is 0. The highest BCUT2D eigenvalue weighted by Crippen LogP contribution is 2.28. The number of carbonyl (C=O) groups is 1. The monoisotopic (exact) mass is 284 g/mol. The first-order valence-corrected chi connectivity index (χ1v) is 7.03. The molecule has 0 saturated carbocycles. The average molecular weight is 284 g/mol. The van der Waals surface area contributed by atoms with Crippen LogP contribution in [0.1, 0.15) is 16.1 Å². The number of benzene rings is 1. The van der Waals surface area contributed by atoms with E-state index in [1.54, 1.807) is 36.7 Å². The van der Waals surface area contributed by atoms with Gasteiger partial charge in [0.2, 0.25) is 5.78 Å². The van der Waals surface area contributed by atoms with Crippen molar-refractivity contribution in [1.29, 1.82) is 0 Å². The summed E-state index contributed by atoms with van der Waals surface area (Å²) in [5.74, 6) is 0.786. The molecular formula is C16H12O3S. The fourth-order valence-electron chi connectivity index (χ4n) is 1.94. The molecule has 0 amide bonds. The smallest absolute Gasteiger partial charge is 0.221 e. The Morgan fingerprint density at radius 1 is 1.35 bits per heavy atom. The molecule has 0 bridgehead atoms. The van der Waals surface area contributed by atoms with Gasteiger partial charge in [0, 0.05) is 5.39 Å². The Bertz CT molecular complexity index is 766. The summed E-state index contributed by atoms with van der Waals surface area (Å²) in [6, 6.07) is 9.25. The van der Waals surface area contributed by atoms with Crippen molar-refractivity contribution in [2.75, 3.05) is 7.11 Å². The summed E-state index contributed by atoms with van der Waals surface area (Å²) < 4.78 is 10.8. The molecule has 0 spiro atoms. The summed E-state index contributed by atoms with van der Waals surface area (Å²) in [7, 11) is 1.58. The number of rotatable bonds is 4. The van der Waals surface area contributed by atoms with E-state index < -0.39 is 0 Å². The highest BCUT2D eigenvalue weighted by molar-refractivity contribution is 7.08. The lowest BCUT2D eigenvalue weighted by Crippen LogP contribution is -1.90. The van der Waals surface area contributed by atoms with Gasteiger partial charge in [-0.25, -0.2) is 0 Å². The van der Waals surface area contributed by atoms with Gasteiger partial charge in [-0.15, -0.1) is 0 Å². The Kier molecular flexibility index (Phi) is 3.39. The zero-order chi connectivity index (χ0) is 13.9. The Hall–Kier alpha value is -2.33. The lowest BCUT2D eigenvalue weighted by molar-refractivity contribution is 0.102. The topological polar surface area (TPSA) is 39.4 Å². The minimum atomic E-state index is -0.158. The zero-order valence-corrected chi connectivity index (χ0v) is 11.6. The van der Waals surface area contributed by atoms with Crippen molar-refractivity contribution >= 4 is 34.2 Å². The van der Waals surface area contributed by atoms with Crippen LogP contribution in [0.25, 0.3) is 17.0 Å². The minimum Gasteiger partial charge on any atom is -0.493 e. The second kappa shape index (κ2) is 5.35. The average Bonchev–Trinajstić information content (AvgIpc) is 3.12. The highest BCUT2D eigenvalue weighted by atomic mass is 32.1. The van der Waals surface area contributed by atoms with E-state index in [0.717, 1.165) is 10.9 Å². The predicted octanol–water partition coefficient (Wildman–Crippen LogP) is 4.40. The summed E-state index contributed by atoms with van der Waals surface area (Å²) in [5.41, 5.74) is 1.61. The summed E-state index contributed by atoms with van der Waals surface area (Å²) >= 11 is 1.59. The van der Waals surface area contributed by atoms with Crippen LogP contribution in [-0.4, -0.2) is 12.9 Å². The maximum atomic E-state index is 12.1. The molecule has 0 radical (unpaired) electrons. The molecular weight excluding hydrogens is 272 g/mol. The van der Waals surface area contributed by atoms with E-state index in [-0.39, 0.29) is 5.78 Å². The lowest BCUT2D eigenvalue weighted by atomic mass is 10.2. The van der Waals surface area contributed by atoms with Crippen LogP contribution in [0.3, 0.4) is 0 Å². The number of thiophene rings is 1. The molecule has 100 valence electrons. The van der Waals surface area contributed by atoms with Gasteiger partial charge in [-0.1, -0.05) is 18.2 Å². The normalized spacial score (nSPS) is 11.2. The molecule has 0 aliphatic rings. The molecule has 0 unspecified atom stereocenters. The van der Waals surface area contributed by atoms with Crippen molar-refractivity contribution in [3.8, 4) is 5.75 Å². The second-order valence-corrected chi connectivity index (χ2v) is 5.02. The van der Waals surface area contributed by atoms with E-state index in [0.29, 0.717) is 17.1 Å². The molecule has 1 aromatic carbocycles. The van der Waals surface area contributed by atoms with Crippen LogP contribution in [0, 0.1) is 0 Å². The zero-order valence-electron chi connectivity index (χ0n) is 10.8. The largest absolute Gasteiger partial charge is 0.493 e. The van der Waals surface area contributed by atoms with E-state index in [9.17, 15) is 4.79 Å². The van der Waals surface area contributed by atoms with Gasteiger partial charge < -0.3 is 9.15 Å². The van der Waals surface area contributed by atoms with Crippen LogP contribution in [0.4, 0.5) is 0 Å². The van der Waals surface area contributed by atoms with Crippen molar-refractivity contribution < 1.29 is 13.9 Å². The van der Waals surface area contributed by atoms with Crippen LogP contribution in [0.15, 0.2) is 51.6 Å². The minimum absolute atomic E-state index is 0.158. The van der Waals surface area contributed by atoms with Gasteiger partial charge in [-0.2, -0.15) is 11.3 Å². The van der Waals surface area contributed by atoms with E-state index in [1.807, 2.05) is 29.0 Å². The Morgan fingerprint density at radius 3 is 3.00 bits per heavy atom. The lowest BCUT2D eigenvalue weighted by Gasteiger charge is -1.98. The Balaban J connectivity index is 1.92. The van der Waals surface area contributed by atoms with E-state index in [4.69, 9.17) is 9.15 Å². The molecule has 3 aromatic rings. The van der Waals surface area contributed by atoms with Crippen LogP contribution in [0.5, 0.6) is 5.75 Å². The van der Waals surface area contributed by atoms with E-state index >= 15 is 0 Å². The third kappa shape index (κ3) is 2.38. The van der Waals surface area contributed by atoms with Gasteiger partial charge in [-0.3, -0.25) is 4.79 Å². The van der Waals surface area contributed by atoms with Crippen molar-refractivity contribution in [2.24, 2.45) is 0 Å². The number of ketones is 1. The summed E-state index contributed by atoms with van der Waals surface area (Å²) in [6.45, 7) is 0. The molecule has 0 aliphatic carbocycles. The third-order valence-corrected chi connectivity index (χ3v) is 3.64. The highest BCUT2D eigenvalue weighted by Gasteiger charge is 2.12. The van der Waals surface area contributed by atoms with Crippen LogP contribution < -0.4 is 4.74 Å². The summed E-state index contributed by atoms with van der Waals surface area (Å²) in [6.07, 6.45) is 3.30. The standard InChI is InChI=1S/C16H12O3S/c1-18-14-4-2-3-12-9-15(19-16(12)14)13(17)6-5-11-7-8-20-10-11/h2-10H,1H3/b6-5+. The number of para-hydroxylation sites is 1. The molecule has 2 heterocycles. The fourth-order valence-corrected chi connectivity index (χ4v) is 2.57. The molecule has 3 nitrogen and oxygen atoms in total. The number of furan rings is 1. The van der Waals surface area contributed by atoms with Gasteiger partial charge in [0.1, 0.15) is 0 Å². The Labute approximate surface area is 120 Å². The first-order chi connectivity index (χ1) is 9.78. The molecule has 0 aliphatic heterocycles. The number of methoxy groups -OCH3 is 1. The predicted molar refractivity (Wildman–Crippen MR) is 80.4 cm³/mol. The molecule has 0 N–H and O–H groups in total. The number of hydrogen-bond acceptors (Lipinski definition) is 4. The van der Waals surface area contributed by atoms with Gasteiger partial charge >= 0.3 is 0 Å². The fraction of sp³-hybridized carbons (Fsp3) is 0.0625. The van der Waals surface area contributed by atoms with Crippen molar-refractivity contribution in [1.82, 2.24) is 0 Å². The second-order valence-electron chi connectivity index (χ2n) is 4.24. The van der Waals surface area contributed by atoms with Crippen LogP contribution in [-0.2, 0) is 0 Å². The molecule has 2 aromatic heterocycles. The molecule has 0 fully saturated rings. The number of carbonyl (C=O) groups excluding carboxylic acids is 1. The van der Waals surface area contributed by atoms with Crippen molar-refractivity contribution in [3.63, 3.8) is 0 Å². The third-order valence-electron chi connectivity index (χ3n) is 2.94. The molecule has 0 saturated heterocycles. The molecule has 20 heavy (non-hydrogen) atoms. The van der Waals surface area contributed by atoms with Crippen molar-refractivity contribution in [2.45, 2.75) is 0 Å². The molecule has 4 heteroatoms. The van der Waals surface area contributed by atoms with Gasteiger partial charge in [0.05, 0.1) is 7.11 Å². The van der Waals surface area contributed by atoms with E-state index in [1.165, 1.54) is 6.08 Å². The maximum absolute atomic E-state index is 12.1. The number of ether oxygens (including phenoxy) is 1. The summed E-state index contributed by atoms with van der Waals surface area (Å²) in [4.78, 5) is 12.1. The van der Waals surface area contributed by atoms with Gasteiger partial charge in [0.15, 0.2) is 17.1 Å². The summed E-state index contributed by atoms with van der Waals surface area (Å²) in [5, 5.41) is 4.80. The SMILES string of the molecule is COc1cccc2cc(C(=O)/C=C/c3ccsc3)oc12. The van der Waals surface area contributed by atoms with E-state index in [2.05, 4.69) is 0 Å². The van der Waals surface area contributed by atoms with Crippen LogP contribution >= 0.6 is 11.3 Å². The van der Waals surface area contributed by atoms with Crippen molar-refractivity contribution in [3.05, 3.63) is 58.5 Å². The number of allylic oxidation sites excluding steroid dienone is 1. The first-order valence-electron chi connectivity index (χ1n) is 6.09. The number of fused-ring (bicyclic) bond motifs is 1. The molecule has 0 atom stereocenters. The van der Waals surface area contributed by atoms with Crippen LogP contribution in [0.2, 0.25) is 0 Å². The first kappa shape index (κ1) is 12.7. The van der Waals surface area contributed by atoms with Gasteiger partial charge in [0.25, 0.3) is 0 Å². The molecule has 3 rings (SSSR count). The quantitative estimate of drug-likeness (QED) is 0.526. The van der Waals surface area contributed by atoms with Gasteiger partial charge in [-0.05, 0) is 40.6 Å². The maximum Gasteiger partial charge on any atom is 0.221 e. The Morgan fingerprint density at radius 2 is 2.25 bits per heavy atom.